The van der Waals surface area contributed by atoms with E-state index in [9.17, 15) is 13.2 Å². The number of nitrogens with zero attached hydrogens (tertiary/aromatic N) is 2. The van der Waals surface area contributed by atoms with Gasteiger partial charge in [-0.25, -0.2) is 13.1 Å². The van der Waals surface area contributed by atoms with Crippen LogP contribution in [0.4, 0.5) is 0 Å². The molecule has 114 valence electrons. The van der Waals surface area contributed by atoms with Gasteiger partial charge in [0.2, 0.25) is 10.0 Å². The Labute approximate surface area is 126 Å². The van der Waals surface area contributed by atoms with E-state index in [0.717, 1.165) is 26.2 Å². The SMILES string of the molecule is Cc1cc(CNS(=O)(=O)c2cnn(CC(=O)O)c2)sc1C. The molecule has 0 spiro atoms. The Morgan fingerprint density at radius 3 is 2.76 bits per heavy atom. The lowest BCUT2D eigenvalue weighted by molar-refractivity contribution is -0.137. The third-order valence-corrected chi connectivity index (χ3v) is 5.38. The maximum atomic E-state index is 12.1. The summed E-state index contributed by atoms with van der Waals surface area (Å²) in [6, 6.07) is 1.94. The van der Waals surface area contributed by atoms with Crippen molar-refractivity contribution in [3.63, 3.8) is 0 Å². The standard InChI is InChI=1S/C12H15N3O4S2/c1-8-3-10(20-9(8)2)4-14-21(18,19)11-5-13-15(6-11)7-12(16)17/h3,5-6,14H,4,7H2,1-2H3,(H,16,17). The van der Waals surface area contributed by atoms with Crippen molar-refractivity contribution in [1.29, 1.82) is 0 Å². The van der Waals surface area contributed by atoms with Crippen molar-refractivity contribution in [3.05, 3.63) is 33.8 Å². The first-order chi connectivity index (χ1) is 9.78. The van der Waals surface area contributed by atoms with E-state index in [0.29, 0.717) is 0 Å². The fraction of sp³-hybridized carbons (Fsp3) is 0.333. The van der Waals surface area contributed by atoms with Crippen LogP contribution in [0.15, 0.2) is 23.4 Å². The van der Waals surface area contributed by atoms with Crippen LogP contribution in [-0.4, -0.2) is 29.3 Å². The zero-order valence-corrected chi connectivity index (χ0v) is 13.2. The molecule has 2 aromatic rings. The first-order valence-corrected chi connectivity index (χ1v) is 8.38. The Morgan fingerprint density at radius 2 is 2.19 bits per heavy atom. The summed E-state index contributed by atoms with van der Waals surface area (Å²) in [4.78, 5) is 12.6. The van der Waals surface area contributed by atoms with Gasteiger partial charge in [0, 0.05) is 22.5 Å². The van der Waals surface area contributed by atoms with Gasteiger partial charge in [0.1, 0.15) is 11.4 Å². The van der Waals surface area contributed by atoms with Gasteiger partial charge in [-0.2, -0.15) is 5.10 Å². The molecule has 2 aromatic heterocycles. The number of thiophene rings is 1. The molecule has 0 saturated heterocycles. The molecule has 2 N–H and O–H groups in total. The number of aliphatic carboxylic acids is 1. The molecule has 2 heterocycles. The quantitative estimate of drug-likeness (QED) is 0.827. The summed E-state index contributed by atoms with van der Waals surface area (Å²) < 4.78 is 27.7. The minimum Gasteiger partial charge on any atom is -0.480 e. The van der Waals surface area contributed by atoms with Crippen LogP contribution in [0.3, 0.4) is 0 Å². The summed E-state index contributed by atoms with van der Waals surface area (Å²) in [6.07, 6.45) is 2.33. The molecule has 0 aliphatic carbocycles. The van der Waals surface area contributed by atoms with E-state index in [1.807, 2.05) is 19.9 Å². The maximum Gasteiger partial charge on any atom is 0.325 e. The van der Waals surface area contributed by atoms with Crippen LogP contribution < -0.4 is 4.72 Å². The number of carbonyl (C=O) groups is 1. The van der Waals surface area contributed by atoms with Crippen molar-refractivity contribution in [1.82, 2.24) is 14.5 Å². The van der Waals surface area contributed by atoms with Crippen LogP contribution in [-0.2, 0) is 27.9 Å². The molecule has 0 saturated carbocycles. The van der Waals surface area contributed by atoms with Gasteiger partial charge in [-0.1, -0.05) is 0 Å². The average Bonchev–Trinajstić information content (AvgIpc) is 2.95. The smallest absolute Gasteiger partial charge is 0.325 e. The number of carboxylic acids is 1. The fourth-order valence-corrected chi connectivity index (χ4v) is 3.74. The molecule has 0 radical (unpaired) electrons. The Bertz CT molecular complexity index is 742. The van der Waals surface area contributed by atoms with Gasteiger partial charge in [0.05, 0.1) is 6.20 Å². The highest BCUT2D eigenvalue weighted by molar-refractivity contribution is 7.89. The first kappa shape index (κ1) is 15.7. The number of hydrogen-bond donors (Lipinski definition) is 2. The molecule has 0 atom stereocenters. The average molecular weight is 329 g/mol. The summed E-state index contributed by atoms with van der Waals surface area (Å²) in [7, 11) is -3.70. The molecule has 0 amide bonds. The van der Waals surface area contributed by atoms with E-state index >= 15 is 0 Å². The first-order valence-electron chi connectivity index (χ1n) is 6.08. The molecule has 0 bridgehead atoms. The predicted molar refractivity (Wildman–Crippen MR) is 77.7 cm³/mol. The van der Waals surface area contributed by atoms with Crippen LogP contribution in [0.2, 0.25) is 0 Å². The second-order valence-electron chi connectivity index (χ2n) is 4.54. The van der Waals surface area contributed by atoms with E-state index in [1.165, 1.54) is 17.5 Å². The van der Waals surface area contributed by atoms with Gasteiger partial charge in [-0.15, -0.1) is 11.3 Å². The number of rotatable bonds is 6. The van der Waals surface area contributed by atoms with Gasteiger partial charge < -0.3 is 5.11 Å². The highest BCUT2D eigenvalue weighted by Gasteiger charge is 2.17. The lowest BCUT2D eigenvalue weighted by Gasteiger charge is -2.02. The predicted octanol–water partition coefficient (Wildman–Crippen LogP) is 1.12. The molecule has 0 fully saturated rings. The van der Waals surface area contributed by atoms with E-state index in [4.69, 9.17) is 5.11 Å². The van der Waals surface area contributed by atoms with Crippen molar-refractivity contribution in [2.45, 2.75) is 31.8 Å². The van der Waals surface area contributed by atoms with Gasteiger partial charge in [0.25, 0.3) is 0 Å². The van der Waals surface area contributed by atoms with Crippen LogP contribution in [0.5, 0.6) is 0 Å². The monoisotopic (exact) mass is 329 g/mol. The van der Waals surface area contributed by atoms with Gasteiger partial charge >= 0.3 is 5.97 Å². The molecular weight excluding hydrogens is 314 g/mol. The molecular formula is C12H15N3O4S2. The minimum absolute atomic E-state index is 0.0475. The third kappa shape index (κ3) is 3.90. The topological polar surface area (TPSA) is 101 Å². The summed E-state index contributed by atoms with van der Waals surface area (Å²) in [5, 5.41) is 12.3. The summed E-state index contributed by atoms with van der Waals surface area (Å²) >= 11 is 1.54. The van der Waals surface area contributed by atoms with Crippen molar-refractivity contribution < 1.29 is 18.3 Å². The largest absolute Gasteiger partial charge is 0.480 e. The maximum absolute atomic E-state index is 12.1. The number of aromatic nitrogens is 2. The zero-order chi connectivity index (χ0) is 15.6. The Kier molecular flexibility index (Phi) is 4.45. The van der Waals surface area contributed by atoms with E-state index < -0.39 is 16.0 Å². The number of aryl methyl sites for hydroxylation is 2. The zero-order valence-electron chi connectivity index (χ0n) is 11.5. The molecule has 0 aliphatic rings. The van der Waals surface area contributed by atoms with Gasteiger partial charge in [-0.3, -0.25) is 9.48 Å². The fourth-order valence-electron chi connectivity index (χ4n) is 1.69. The molecule has 2 rings (SSSR count). The van der Waals surface area contributed by atoms with Gasteiger partial charge in [-0.05, 0) is 25.5 Å². The summed E-state index contributed by atoms with van der Waals surface area (Å²) in [5.74, 6) is -1.08. The second-order valence-corrected chi connectivity index (χ2v) is 7.65. The van der Waals surface area contributed by atoms with Crippen molar-refractivity contribution in [2.24, 2.45) is 0 Å². The van der Waals surface area contributed by atoms with Crippen molar-refractivity contribution >= 4 is 27.3 Å². The summed E-state index contributed by atoms with van der Waals surface area (Å²) in [6.45, 7) is 3.78. The molecule has 0 aliphatic heterocycles. The van der Waals surface area contributed by atoms with Crippen molar-refractivity contribution in [3.8, 4) is 0 Å². The van der Waals surface area contributed by atoms with Crippen LogP contribution in [0.1, 0.15) is 15.3 Å². The number of sulfonamides is 1. The van der Waals surface area contributed by atoms with Gasteiger partial charge in [0.15, 0.2) is 0 Å². The number of hydrogen-bond acceptors (Lipinski definition) is 5. The highest BCUT2D eigenvalue weighted by Crippen LogP contribution is 2.20. The molecule has 0 unspecified atom stereocenters. The second kappa shape index (κ2) is 5.96. The Morgan fingerprint density at radius 1 is 1.48 bits per heavy atom. The van der Waals surface area contributed by atoms with E-state index in [-0.39, 0.29) is 18.0 Å². The number of nitrogens with one attached hydrogen (secondary N) is 1. The minimum atomic E-state index is -3.70. The molecule has 7 nitrogen and oxygen atoms in total. The van der Waals surface area contributed by atoms with Crippen LogP contribution in [0, 0.1) is 13.8 Å². The Balaban J connectivity index is 2.07. The summed E-state index contributed by atoms with van der Waals surface area (Å²) in [5.41, 5.74) is 1.13. The highest BCUT2D eigenvalue weighted by atomic mass is 32.2. The molecule has 21 heavy (non-hydrogen) atoms. The number of carboxylic acid groups (broad SMARTS) is 1. The lowest BCUT2D eigenvalue weighted by atomic mass is 10.3. The van der Waals surface area contributed by atoms with Crippen molar-refractivity contribution in [2.75, 3.05) is 0 Å². The van der Waals surface area contributed by atoms with E-state index in [2.05, 4.69) is 9.82 Å². The molecule has 9 heteroatoms. The lowest BCUT2D eigenvalue weighted by Crippen LogP contribution is -2.22. The Hall–Kier alpha value is -1.71. The van der Waals surface area contributed by atoms with E-state index in [1.54, 1.807) is 0 Å². The molecule has 0 aromatic carbocycles. The normalized spacial score (nSPS) is 11.7. The van der Waals surface area contributed by atoms with Crippen LogP contribution >= 0.6 is 11.3 Å². The third-order valence-electron chi connectivity index (χ3n) is 2.87. The van der Waals surface area contributed by atoms with Crippen LogP contribution in [0.25, 0.3) is 0 Å².